The Morgan fingerprint density at radius 3 is 2.63 bits per heavy atom. The molecule has 1 aromatic carbocycles. The highest BCUT2D eigenvalue weighted by Gasteiger charge is 2.38. The summed E-state index contributed by atoms with van der Waals surface area (Å²) in [7, 11) is 0. The molecule has 7 nitrogen and oxygen atoms in total. The van der Waals surface area contributed by atoms with Gasteiger partial charge in [-0.1, -0.05) is 45.0 Å². The third-order valence-corrected chi connectivity index (χ3v) is 8.34. The molecule has 1 fully saturated rings. The molecule has 2 aliphatic heterocycles. The van der Waals surface area contributed by atoms with Crippen molar-refractivity contribution in [3.8, 4) is 0 Å². The lowest BCUT2D eigenvalue weighted by atomic mass is 9.77. The van der Waals surface area contributed by atoms with Gasteiger partial charge in [0.15, 0.2) is 0 Å². The van der Waals surface area contributed by atoms with Crippen molar-refractivity contribution in [1.29, 1.82) is 0 Å². The SMILES string of the molecule is CC(C)(C)C1C[C]c2ccccc2N(Cc2nc(C(=O)N3CCC(CNc4ccccn4)CC3)cs2)C1=O. The second-order valence-corrected chi connectivity index (χ2v) is 12.1. The van der Waals surface area contributed by atoms with Crippen LogP contribution in [0.25, 0.3) is 0 Å². The number of carbonyl (C=O) groups excluding carboxylic acids is 2. The van der Waals surface area contributed by atoms with Crippen molar-refractivity contribution in [2.75, 3.05) is 29.9 Å². The van der Waals surface area contributed by atoms with E-state index in [4.69, 9.17) is 4.98 Å². The number of likely N-dealkylation sites (tertiary alicyclic amines) is 1. The van der Waals surface area contributed by atoms with Crippen LogP contribution in [-0.4, -0.2) is 46.3 Å². The first-order valence-corrected chi connectivity index (χ1v) is 14.2. The Balaban J connectivity index is 1.23. The lowest BCUT2D eigenvalue weighted by Gasteiger charge is -2.32. The highest BCUT2D eigenvalue weighted by molar-refractivity contribution is 7.09. The smallest absolute Gasteiger partial charge is 0.273 e. The fourth-order valence-electron chi connectivity index (χ4n) is 5.14. The number of fused-ring (bicyclic) bond motifs is 1. The first-order chi connectivity index (χ1) is 18.3. The minimum atomic E-state index is -0.187. The molecule has 0 bridgehead atoms. The molecule has 38 heavy (non-hydrogen) atoms. The number of hydrogen-bond donors (Lipinski definition) is 1. The van der Waals surface area contributed by atoms with Crippen molar-refractivity contribution < 1.29 is 9.59 Å². The maximum Gasteiger partial charge on any atom is 0.273 e. The van der Waals surface area contributed by atoms with Crippen LogP contribution in [0.1, 0.15) is 61.1 Å². The van der Waals surface area contributed by atoms with Gasteiger partial charge in [0.1, 0.15) is 16.5 Å². The van der Waals surface area contributed by atoms with Crippen LogP contribution >= 0.6 is 11.3 Å². The van der Waals surface area contributed by atoms with E-state index >= 15 is 0 Å². The second kappa shape index (κ2) is 11.2. The number of hydrogen-bond acceptors (Lipinski definition) is 6. The van der Waals surface area contributed by atoms with E-state index in [1.54, 1.807) is 6.20 Å². The zero-order valence-electron chi connectivity index (χ0n) is 22.3. The molecule has 1 unspecified atom stereocenters. The molecule has 198 valence electrons. The molecule has 8 heteroatoms. The number of aromatic nitrogens is 2. The number of nitrogens with zero attached hydrogens (tertiary/aromatic N) is 4. The molecule has 1 atom stereocenters. The lowest BCUT2D eigenvalue weighted by molar-refractivity contribution is -0.125. The molecule has 5 rings (SSSR count). The summed E-state index contributed by atoms with van der Waals surface area (Å²) in [5.41, 5.74) is 2.08. The van der Waals surface area contributed by atoms with Crippen LogP contribution in [0.3, 0.4) is 0 Å². The zero-order chi connectivity index (χ0) is 26.7. The Morgan fingerprint density at radius 1 is 1.13 bits per heavy atom. The topological polar surface area (TPSA) is 78.4 Å². The normalized spacial score (nSPS) is 18.7. The number of rotatable bonds is 6. The number of para-hydroxylation sites is 1. The monoisotopic (exact) mass is 529 g/mol. The predicted molar refractivity (Wildman–Crippen MR) is 151 cm³/mol. The molecular formula is C30H35N5O2S. The summed E-state index contributed by atoms with van der Waals surface area (Å²) in [4.78, 5) is 39.7. The van der Waals surface area contributed by atoms with Crippen LogP contribution in [0.15, 0.2) is 54.0 Å². The summed E-state index contributed by atoms with van der Waals surface area (Å²) in [5, 5.41) is 6.00. The minimum Gasteiger partial charge on any atom is -0.370 e. The Labute approximate surface area is 229 Å². The summed E-state index contributed by atoms with van der Waals surface area (Å²) in [5.74, 6) is 1.27. The average molecular weight is 530 g/mol. The van der Waals surface area contributed by atoms with Crippen molar-refractivity contribution in [2.24, 2.45) is 17.3 Å². The van der Waals surface area contributed by atoms with Gasteiger partial charge in [-0.05, 0) is 54.4 Å². The van der Waals surface area contributed by atoms with Crippen LogP contribution in [0.4, 0.5) is 11.5 Å². The lowest BCUT2D eigenvalue weighted by Crippen LogP contribution is -2.40. The molecular weight excluding hydrogens is 494 g/mol. The molecule has 2 radical (unpaired) electrons. The quantitative estimate of drug-likeness (QED) is 0.454. The van der Waals surface area contributed by atoms with Gasteiger partial charge in [-0.3, -0.25) is 9.59 Å². The van der Waals surface area contributed by atoms with Crippen molar-refractivity contribution in [2.45, 2.75) is 46.6 Å². The van der Waals surface area contributed by atoms with E-state index in [0.29, 0.717) is 24.6 Å². The number of pyridine rings is 1. The molecule has 0 saturated carbocycles. The fourth-order valence-corrected chi connectivity index (χ4v) is 5.90. The molecule has 2 aromatic heterocycles. The Kier molecular flexibility index (Phi) is 7.79. The number of benzene rings is 1. The van der Waals surface area contributed by atoms with Gasteiger partial charge < -0.3 is 15.1 Å². The van der Waals surface area contributed by atoms with Crippen molar-refractivity contribution in [3.63, 3.8) is 0 Å². The summed E-state index contributed by atoms with van der Waals surface area (Å²) < 4.78 is 0. The Bertz CT molecular complexity index is 1260. The maximum atomic E-state index is 13.7. The van der Waals surface area contributed by atoms with Gasteiger partial charge in [-0.25, -0.2) is 9.97 Å². The van der Waals surface area contributed by atoms with Crippen molar-refractivity contribution in [3.05, 3.63) is 76.7 Å². The molecule has 2 amide bonds. The van der Waals surface area contributed by atoms with Gasteiger partial charge in [-0.2, -0.15) is 0 Å². The summed E-state index contributed by atoms with van der Waals surface area (Å²) in [6.07, 6.45) is 7.74. The van der Waals surface area contributed by atoms with Crippen LogP contribution in [0, 0.1) is 23.7 Å². The van der Waals surface area contributed by atoms with E-state index in [1.165, 1.54) is 11.3 Å². The molecule has 0 aliphatic carbocycles. The van der Waals surface area contributed by atoms with E-state index in [-0.39, 0.29) is 23.1 Å². The van der Waals surface area contributed by atoms with Gasteiger partial charge in [0, 0.05) is 49.2 Å². The third kappa shape index (κ3) is 5.90. The van der Waals surface area contributed by atoms with Crippen molar-refractivity contribution >= 4 is 34.7 Å². The van der Waals surface area contributed by atoms with Crippen LogP contribution in [0.2, 0.25) is 0 Å². The largest absolute Gasteiger partial charge is 0.370 e. The fraction of sp³-hybridized carbons (Fsp3) is 0.433. The molecule has 0 spiro atoms. The highest BCUT2D eigenvalue weighted by Crippen LogP contribution is 2.39. The summed E-state index contributed by atoms with van der Waals surface area (Å²) >= 11 is 1.44. The third-order valence-electron chi connectivity index (χ3n) is 7.50. The van der Waals surface area contributed by atoms with E-state index in [9.17, 15) is 9.59 Å². The predicted octanol–water partition coefficient (Wildman–Crippen LogP) is 5.53. The van der Waals surface area contributed by atoms with Gasteiger partial charge >= 0.3 is 0 Å². The first-order valence-electron chi connectivity index (χ1n) is 13.3. The van der Waals surface area contributed by atoms with Crippen LogP contribution in [-0.2, 0) is 11.3 Å². The average Bonchev–Trinajstić information content (AvgIpc) is 3.34. The number of carbonyl (C=O) groups is 2. The van der Waals surface area contributed by atoms with E-state index in [2.05, 4.69) is 37.5 Å². The van der Waals surface area contributed by atoms with Gasteiger partial charge in [0.2, 0.25) is 5.91 Å². The number of anilines is 2. The molecule has 3 aromatic rings. The minimum absolute atomic E-state index is 0.0273. The number of nitrogens with one attached hydrogen (secondary N) is 1. The van der Waals surface area contributed by atoms with Gasteiger partial charge in [-0.15, -0.1) is 11.3 Å². The number of thiazole rings is 1. The van der Waals surface area contributed by atoms with E-state index in [0.717, 1.165) is 54.6 Å². The van der Waals surface area contributed by atoms with Crippen LogP contribution in [0.5, 0.6) is 0 Å². The molecule has 1 N–H and O–H groups in total. The first kappa shape index (κ1) is 26.4. The number of amides is 2. The highest BCUT2D eigenvalue weighted by atomic mass is 32.1. The van der Waals surface area contributed by atoms with Crippen LogP contribution < -0.4 is 10.2 Å². The van der Waals surface area contributed by atoms with Crippen molar-refractivity contribution in [1.82, 2.24) is 14.9 Å². The zero-order valence-corrected chi connectivity index (χ0v) is 23.1. The van der Waals surface area contributed by atoms with E-state index in [1.807, 2.05) is 57.6 Å². The molecule has 2 aliphatic rings. The second-order valence-electron chi connectivity index (χ2n) is 11.2. The van der Waals surface area contributed by atoms with Gasteiger partial charge in [0.25, 0.3) is 5.91 Å². The number of piperidine rings is 1. The summed E-state index contributed by atoms with van der Waals surface area (Å²) in [6.45, 7) is 8.95. The van der Waals surface area contributed by atoms with Gasteiger partial charge in [0.05, 0.1) is 6.54 Å². The maximum absolute atomic E-state index is 13.7. The Hall–Kier alpha value is -3.26. The summed E-state index contributed by atoms with van der Waals surface area (Å²) in [6, 6.07) is 13.7. The van der Waals surface area contributed by atoms with E-state index < -0.39 is 0 Å². The molecule has 4 heterocycles. The standard InChI is InChI=1S/C30H35N5O2S/c1-30(2,3)23-12-11-22-8-4-5-9-25(22)35(28(23)36)19-27-33-24(20-38-27)29(37)34-16-13-21(14-17-34)18-32-26-10-6-7-15-31-26/h4-10,15,20-21,23H,12-14,16-19H2,1-3H3,(H,31,32). The molecule has 1 saturated heterocycles. The Morgan fingerprint density at radius 2 is 1.89 bits per heavy atom.